The molecule has 5 heteroatoms. The number of carbonyl (C=O) groups excluding carboxylic acids is 2. The monoisotopic (exact) mass is 224 g/mol. The molecule has 0 N–H and O–H groups in total. The number of carbonyl (C=O) groups is 2. The summed E-state index contributed by atoms with van der Waals surface area (Å²) < 4.78 is 8.61. The zero-order valence-corrected chi connectivity index (χ0v) is 7.72. The molecule has 0 radical (unpaired) electrons. The smallest absolute Gasteiger partial charge is 0.417 e. The van der Waals surface area contributed by atoms with Crippen LogP contribution in [0.2, 0.25) is 0 Å². The first-order valence-electron chi connectivity index (χ1n) is 3.03. The first kappa shape index (κ1) is 10.4. The average molecular weight is 225 g/mol. The van der Waals surface area contributed by atoms with Gasteiger partial charge >= 0.3 is 11.9 Å². The Bertz CT molecular complexity index is 146. The molecule has 0 aromatic heterocycles. The molecule has 11 heavy (non-hydrogen) atoms. The molecule has 0 bridgehead atoms. The van der Waals surface area contributed by atoms with Gasteiger partial charge in [0.25, 0.3) is 0 Å². The number of ether oxygens (including phenoxy) is 2. The van der Waals surface area contributed by atoms with Crippen LogP contribution < -0.4 is 0 Å². The number of rotatable bonds is 3. The van der Waals surface area contributed by atoms with Gasteiger partial charge in [-0.05, 0) is 6.42 Å². The van der Waals surface area contributed by atoms with Crippen molar-refractivity contribution in [1.29, 1.82) is 0 Å². The lowest BCUT2D eigenvalue weighted by atomic mass is 10.5. The maximum absolute atomic E-state index is 10.5. The van der Waals surface area contributed by atoms with E-state index in [0.717, 1.165) is 12.4 Å². The molecule has 0 aliphatic heterocycles. The Morgan fingerprint density at radius 3 is 2.45 bits per heavy atom. The number of hydrogen-bond acceptors (Lipinski definition) is 4. The minimum absolute atomic E-state index is 0.235. The predicted molar refractivity (Wildman–Crippen MR) is 41.4 cm³/mol. The van der Waals surface area contributed by atoms with Gasteiger partial charge in [0.05, 0.1) is 13.7 Å². The Balaban J connectivity index is 3.44. The molecular weight excluding hydrogens is 216 g/mol. The van der Waals surface area contributed by atoms with Crippen LogP contribution in [0.5, 0.6) is 0 Å². The van der Waals surface area contributed by atoms with Crippen LogP contribution in [0.25, 0.3) is 0 Å². The highest BCUT2D eigenvalue weighted by molar-refractivity contribution is 9.09. The summed E-state index contributed by atoms with van der Waals surface area (Å²) in [5, 5.41) is 0.738. The van der Waals surface area contributed by atoms with E-state index in [1.165, 1.54) is 0 Å². The molecule has 0 unspecified atom stereocenters. The number of esters is 2. The summed E-state index contributed by atoms with van der Waals surface area (Å²) in [7, 11) is 1.13. The quantitative estimate of drug-likeness (QED) is 0.303. The van der Waals surface area contributed by atoms with Crippen LogP contribution >= 0.6 is 15.9 Å². The van der Waals surface area contributed by atoms with Gasteiger partial charge in [0.15, 0.2) is 0 Å². The molecule has 0 saturated carbocycles. The van der Waals surface area contributed by atoms with Gasteiger partial charge < -0.3 is 9.47 Å². The van der Waals surface area contributed by atoms with Crippen LogP contribution in [-0.2, 0) is 19.1 Å². The normalized spacial score (nSPS) is 8.91. The third-order valence-electron chi connectivity index (χ3n) is 0.863. The van der Waals surface area contributed by atoms with Gasteiger partial charge in [-0.15, -0.1) is 0 Å². The van der Waals surface area contributed by atoms with Crippen LogP contribution in [0.4, 0.5) is 0 Å². The molecule has 0 amide bonds. The Labute approximate surface area is 73.0 Å². The molecule has 0 spiro atoms. The SMILES string of the molecule is COC(=O)C(=O)OCCCBr. The molecule has 0 aliphatic rings. The van der Waals surface area contributed by atoms with E-state index in [2.05, 4.69) is 25.4 Å². The number of hydrogen-bond donors (Lipinski definition) is 0. The molecule has 0 aliphatic carbocycles. The Kier molecular flexibility index (Phi) is 5.83. The summed E-state index contributed by atoms with van der Waals surface area (Å²) in [5.74, 6) is -1.90. The highest BCUT2D eigenvalue weighted by atomic mass is 79.9. The van der Waals surface area contributed by atoms with Gasteiger partial charge in [-0.1, -0.05) is 15.9 Å². The highest BCUT2D eigenvalue weighted by Gasteiger charge is 2.14. The van der Waals surface area contributed by atoms with E-state index < -0.39 is 11.9 Å². The van der Waals surface area contributed by atoms with Crippen LogP contribution in [-0.4, -0.2) is 31.0 Å². The van der Waals surface area contributed by atoms with Gasteiger partial charge in [0, 0.05) is 5.33 Å². The molecule has 64 valence electrons. The van der Waals surface area contributed by atoms with Gasteiger partial charge in [0.1, 0.15) is 0 Å². The fourth-order valence-electron chi connectivity index (χ4n) is 0.362. The summed E-state index contributed by atoms with van der Waals surface area (Å²) >= 11 is 3.15. The second-order valence-electron chi connectivity index (χ2n) is 1.67. The zero-order valence-electron chi connectivity index (χ0n) is 6.13. The molecule has 0 saturated heterocycles. The van der Waals surface area contributed by atoms with Crippen molar-refractivity contribution in [3.63, 3.8) is 0 Å². The molecule has 0 atom stereocenters. The summed E-state index contributed by atoms with van der Waals surface area (Å²) in [6.07, 6.45) is 0.683. The van der Waals surface area contributed by atoms with E-state index in [1.807, 2.05) is 0 Å². The fraction of sp³-hybridized carbons (Fsp3) is 0.667. The molecule has 0 aromatic rings. The number of methoxy groups -OCH3 is 1. The zero-order chi connectivity index (χ0) is 8.69. The molecule has 0 aromatic carbocycles. The summed E-state index contributed by atoms with van der Waals surface area (Å²) in [4.78, 5) is 20.9. The third-order valence-corrected chi connectivity index (χ3v) is 1.42. The molecule has 0 fully saturated rings. The van der Waals surface area contributed by atoms with Crippen LogP contribution in [0.1, 0.15) is 6.42 Å². The first-order chi connectivity index (χ1) is 5.22. The predicted octanol–water partition coefficient (Wildman–Crippen LogP) is 0.488. The van der Waals surface area contributed by atoms with Crippen molar-refractivity contribution < 1.29 is 19.1 Å². The largest absolute Gasteiger partial charge is 0.461 e. The van der Waals surface area contributed by atoms with Gasteiger partial charge in [0.2, 0.25) is 0 Å². The summed E-state index contributed by atoms with van der Waals surface area (Å²) in [6.45, 7) is 0.235. The van der Waals surface area contributed by atoms with Crippen molar-refractivity contribution in [2.75, 3.05) is 19.0 Å². The molecule has 4 nitrogen and oxygen atoms in total. The fourth-order valence-corrected chi connectivity index (χ4v) is 0.591. The van der Waals surface area contributed by atoms with E-state index in [-0.39, 0.29) is 6.61 Å². The van der Waals surface area contributed by atoms with Crippen molar-refractivity contribution >= 4 is 27.9 Å². The average Bonchev–Trinajstić information content (AvgIpc) is 2.03. The Hall–Kier alpha value is -0.580. The van der Waals surface area contributed by atoms with Crippen molar-refractivity contribution in [3.05, 3.63) is 0 Å². The van der Waals surface area contributed by atoms with Crippen molar-refractivity contribution in [2.24, 2.45) is 0 Å². The third kappa shape index (κ3) is 4.78. The number of alkyl halides is 1. The lowest BCUT2D eigenvalue weighted by Crippen LogP contribution is -2.19. The van der Waals surface area contributed by atoms with E-state index in [0.29, 0.717) is 6.42 Å². The molecule has 0 rings (SSSR count). The highest BCUT2D eigenvalue weighted by Crippen LogP contribution is 1.90. The Morgan fingerprint density at radius 2 is 2.00 bits per heavy atom. The maximum atomic E-state index is 10.5. The van der Waals surface area contributed by atoms with E-state index in [4.69, 9.17) is 0 Å². The number of halogens is 1. The Morgan fingerprint density at radius 1 is 1.36 bits per heavy atom. The van der Waals surface area contributed by atoms with E-state index in [1.54, 1.807) is 0 Å². The van der Waals surface area contributed by atoms with E-state index in [9.17, 15) is 9.59 Å². The van der Waals surface area contributed by atoms with Crippen LogP contribution in [0, 0.1) is 0 Å². The van der Waals surface area contributed by atoms with Gasteiger partial charge in [-0.3, -0.25) is 0 Å². The van der Waals surface area contributed by atoms with Gasteiger partial charge in [-0.25, -0.2) is 9.59 Å². The van der Waals surface area contributed by atoms with Crippen molar-refractivity contribution in [2.45, 2.75) is 6.42 Å². The van der Waals surface area contributed by atoms with E-state index >= 15 is 0 Å². The minimum atomic E-state index is -0.959. The topological polar surface area (TPSA) is 52.6 Å². The lowest BCUT2D eigenvalue weighted by Gasteiger charge is -1.99. The van der Waals surface area contributed by atoms with Crippen LogP contribution in [0.3, 0.4) is 0 Å². The minimum Gasteiger partial charge on any atom is -0.461 e. The van der Waals surface area contributed by atoms with Gasteiger partial charge in [-0.2, -0.15) is 0 Å². The summed E-state index contributed by atoms with van der Waals surface area (Å²) in [5.41, 5.74) is 0. The van der Waals surface area contributed by atoms with Crippen molar-refractivity contribution in [1.82, 2.24) is 0 Å². The first-order valence-corrected chi connectivity index (χ1v) is 4.15. The molecule has 0 heterocycles. The van der Waals surface area contributed by atoms with Crippen molar-refractivity contribution in [3.8, 4) is 0 Å². The molecular formula is C6H9BrO4. The summed E-state index contributed by atoms with van der Waals surface area (Å²) in [6, 6.07) is 0. The second kappa shape index (κ2) is 6.15. The lowest BCUT2D eigenvalue weighted by molar-refractivity contribution is -0.165. The standard InChI is InChI=1S/C6H9BrO4/c1-10-5(8)6(9)11-4-2-3-7/h2-4H2,1H3. The second-order valence-corrected chi connectivity index (χ2v) is 2.46. The maximum Gasteiger partial charge on any atom is 0.417 e. The van der Waals surface area contributed by atoms with Crippen LogP contribution in [0.15, 0.2) is 0 Å².